The highest BCUT2D eigenvalue weighted by Gasteiger charge is 2.25. The molecule has 0 aliphatic heterocycles. The van der Waals surface area contributed by atoms with Gasteiger partial charge in [0.2, 0.25) is 5.95 Å². The van der Waals surface area contributed by atoms with Crippen molar-refractivity contribution in [1.29, 1.82) is 0 Å². The van der Waals surface area contributed by atoms with E-state index < -0.39 is 5.97 Å². The first-order valence-electron chi connectivity index (χ1n) is 11.6. The van der Waals surface area contributed by atoms with Gasteiger partial charge in [-0.25, -0.2) is 19.7 Å². The molecule has 0 fully saturated rings. The van der Waals surface area contributed by atoms with E-state index in [0.717, 1.165) is 27.7 Å². The van der Waals surface area contributed by atoms with Crippen molar-refractivity contribution in [2.75, 3.05) is 12.8 Å². The van der Waals surface area contributed by atoms with Crippen LogP contribution in [0, 0.1) is 0 Å². The molecule has 184 valence electrons. The normalized spacial score (nSPS) is 10.5. The second kappa shape index (κ2) is 11.9. The summed E-state index contributed by atoms with van der Waals surface area (Å²) in [5.41, 5.74) is 10.1. The number of ether oxygens (including phenoxy) is 1. The summed E-state index contributed by atoms with van der Waals surface area (Å²) in [6.45, 7) is 15.6. The quantitative estimate of drug-likeness (QED) is 0.269. The van der Waals surface area contributed by atoms with E-state index in [0.29, 0.717) is 11.4 Å². The zero-order valence-electron chi connectivity index (χ0n) is 21.7. The first-order valence-corrected chi connectivity index (χ1v) is 11.6. The Labute approximate surface area is 207 Å². The number of hydrogen-bond acceptors (Lipinski definition) is 6. The number of aromatic nitrogens is 4. The summed E-state index contributed by atoms with van der Waals surface area (Å²) in [5, 5.41) is 0. The standard InChI is InChI=1S/C23H23N5O2.C3H6.C2H6/c1-23(2,3)28-19-10-9-14(15-12-25-22(24)26-13-15)11-18(19)27-20(28)16-7-5-6-8-17(16)21(29)30-4;1-3-2;1-2/h5-13H,1-4H3,(H2,24,25,26);3H,1H2,2H3;1-2H3. The van der Waals surface area contributed by atoms with Gasteiger partial charge in [0.25, 0.3) is 0 Å². The van der Waals surface area contributed by atoms with Crippen LogP contribution in [0.4, 0.5) is 5.95 Å². The van der Waals surface area contributed by atoms with Gasteiger partial charge in [-0.3, -0.25) is 0 Å². The summed E-state index contributed by atoms with van der Waals surface area (Å²) in [4.78, 5) is 25.4. The number of rotatable bonds is 3. The lowest BCUT2D eigenvalue weighted by Crippen LogP contribution is -2.23. The predicted octanol–water partition coefficient (Wildman–Crippen LogP) is 6.50. The number of benzene rings is 2. The number of nitrogen functional groups attached to an aromatic ring is 1. The summed E-state index contributed by atoms with van der Waals surface area (Å²) in [6, 6.07) is 13.4. The minimum Gasteiger partial charge on any atom is -0.465 e. The number of nitrogens with two attached hydrogens (primary N) is 1. The fraction of sp³-hybridized carbons (Fsp3) is 0.286. The zero-order valence-corrected chi connectivity index (χ0v) is 21.7. The molecule has 0 atom stereocenters. The number of carbonyl (C=O) groups is 1. The van der Waals surface area contributed by atoms with Gasteiger partial charge >= 0.3 is 5.97 Å². The van der Waals surface area contributed by atoms with Crippen molar-refractivity contribution in [2.24, 2.45) is 0 Å². The van der Waals surface area contributed by atoms with Crippen LogP contribution < -0.4 is 5.73 Å². The Kier molecular flexibility index (Phi) is 9.28. The Hall–Kier alpha value is -4.00. The van der Waals surface area contributed by atoms with Gasteiger partial charge in [0.15, 0.2) is 0 Å². The molecule has 4 aromatic rings. The molecule has 0 aliphatic rings. The van der Waals surface area contributed by atoms with E-state index in [4.69, 9.17) is 15.5 Å². The average Bonchev–Trinajstić information content (AvgIpc) is 3.25. The summed E-state index contributed by atoms with van der Waals surface area (Å²) in [6.07, 6.45) is 5.13. The second-order valence-electron chi connectivity index (χ2n) is 8.42. The van der Waals surface area contributed by atoms with E-state index >= 15 is 0 Å². The number of fused-ring (bicyclic) bond motifs is 1. The van der Waals surface area contributed by atoms with Crippen LogP contribution in [0.1, 0.15) is 51.9 Å². The molecule has 0 aliphatic carbocycles. The molecule has 0 saturated carbocycles. The van der Waals surface area contributed by atoms with Crippen LogP contribution >= 0.6 is 0 Å². The molecule has 2 N–H and O–H groups in total. The number of anilines is 1. The second-order valence-corrected chi connectivity index (χ2v) is 8.42. The lowest BCUT2D eigenvalue weighted by Gasteiger charge is -2.25. The maximum atomic E-state index is 12.4. The maximum Gasteiger partial charge on any atom is 0.338 e. The summed E-state index contributed by atoms with van der Waals surface area (Å²) in [7, 11) is 1.38. The topological polar surface area (TPSA) is 95.9 Å². The third-order valence-electron chi connectivity index (χ3n) is 4.90. The molecule has 2 aromatic carbocycles. The Morgan fingerprint density at radius 3 is 2.23 bits per heavy atom. The molecular formula is C28H35N5O2. The number of carbonyl (C=O) groups excluding carboxylic acids is 1. The minimum atomic E-state index is -0.391. The van der Waals surface area contributed by atoms with E-state index in [-0.39, 0.29) is 11.5 Å². The smallest absolute Gasteiger partial charge is 0.338 e. The van der Waals surface area contributed by atoms with Gasteiger partial charge in [-0.2, -0.15) is 0 Å². The van der Waals surface area contributed by atoms with Crippen LogP contribution in [-0.4, -0.2) is 32.6 Å². The van der Waals surface area contributed by atoms with E-state index in [1.807, 2.05) is 57.2 Å². The molecule has 0 amide bonds. The van der Waals surface area contributed by atoms with Gasteiger partial charge in [0, 0.05) is 29.1 Å². The third-order valence-corrected chi connectivity index (χ3v) is 4.90. The largest absolute Gasteiger partial charge is 0.465 e. The minimum absolute atomic E-state index is 0.235. The number of allylic oxidation sites excluding steroid dienone is 1. The number of imidazole rings is 1. The lowest BCUT2D eigenvalue weighted by atomic mass is 10.0. The molecule has 7 heteroatoms. The number of hydrogen-bond donors (Lipinski definition) is 1. The SMILES string of the molecule is C=CC.CC.COC(=O)c1ccccc1-c1nc2cc(-c3cnc(N)nc3)ccc2n1C(C)(C)C. The van der Waals surface area contributed by atoms with Gasteiger partial charge in [-0.05, 0) is 51.5 Å². The molecule has 0 saturated heterocycles. The molecular weight excluding hydrogens is 438 g/mol. The Balaban J connectivity index is 0.000000803. The van der Waals surface area contributed by atoms with Crippen LogP contribution in [0.15, 0.2) is 67.5 Å². The van der Waals surface area contributed by atoms with Crippen molar-refractivity contribution >= 4 is 23.0 Å². The van der Waals surface area contributed by atoms with Crippen molar-refractivity contribution < 1.29 is 9.53 Å². The van der Waals surface area contributed by atoms with Crippen LogP contribution in [0.2, 0.25) is 0 Å². The maximum absolute atomic E-state index is 12.4. The Morgan fingerprint density at radius 2 is 1.66 bits per heavy atom. The molecule has 4 rings (SSSR count). The summed E-state index contributed by atoms with van der Waals surface area (Å²) < 4.78 is 7.13. The molecule has 0 bridgehead atoms. The molecule has 2 heterocycles. The Bertz CT molecular complexity index is 1290. The van der Waals surface area contributed by atoms with E-state index in [9.17, 15) is 4.79 Å². The molecule has 0 spiro atoms. The summed E-state index contributed by atoms with van der Waals surface area (Å²) >= 11 is 0. The van der Waals surface area contributed by atoms with Crippen molar-refractivity contribution in [2.45, 2.75) is 47.1 Å². The fourth-order valence-corrected chi connectivity index (χ4v) is 3.57. The van der Waals surface area contributed by atoms with Crippen molar-refractivity contribution in [3.05, 3.63) is 73.1 Å². The van der Waals surface area contributed by atoms with E-state index in [2.05, 4.69) is 41.9 Å². The summed E-state index contributed by atoms with van der Waals surface area (Å²) in [5.74, 6) is 0.556. The average molecular weight is 474 g/mol. The molecule has 0 unspecified atom stereocenters. The monoisotopic (exact) mass is 473 g/mol. The Morgan fingerprint density at radius 1 is 1.06 bits per heavy atom. The molecule has 0 radical (unpaired) electrons. The number of methoxy groups -OCH3 is 1. The highest BCUT2D eigenvalue weighted by Crippen LogP contribution is 2.34. The number of esters is 1. The fourth-order valence-electron chi connectivity index (χ4n) is 3.57. The molecule has 7 nitrogen and oxygen atoms in total. The highest BCUT2D eigenvalue weighted by atomic mass is 16.5. The predicted molar refractivity (Wildman–Crippen MR) is 144 cm³/mol. The third kappa shape index (κ3) is 6.12. The van der Waals surface area contributed by atoms with Crippen LogP contribution in [0.5, 0.6) is 0 Å². The van der Waals surface area contributed by atoms with Crippen molar-refractivity contribution in [3.63, 3.8) is 0 Å². The van der Waals surface area contributed by atoms with Gasteiger partial charge in [-0.1, -0.05) is 44.2 Å². The molecule has 2 aromatic heterocycles. The van der Waals surface area contributed by atoms with Crippen LogP contribution in [-0.2, 0) is 10.3 Å². The highest BCUT2D eigenvalue weighted by molar-refractivity contribution is 5.97. The first-order chi connectivity index (χ1) is 16.7. The van der Waals surface area contributed by atoms with Crippen molar-refractivity contribution in [3.8, 4) is 22.5 Å². The van der Waals surface area contributed by atoms with Gasteiger partial charge in [-0.15, -0.1) is 6.58 Å². The first kappa shape index (κ1) is 27.2. The van der Waals surface area contributed by atoms with Crippen LogP contribution in [0.3, 0.4) is 0 Å². The van der Waals surface area contributed by atoms with Gasteiger partial charge in [0.1, 0.15) is 5.82 Å². The van der Waals surface area contributed by atoms with Gasteiger partial charge < -0.3 is 15.0 Å². The number of nitrogens with zero attached hydrogens (tertiary/aromatic N) is 4. The van der Waals surface area contributed by atoms with E-state index in [1.54, 1.807) is 24.5 Å². The molecule has 35 heavy (non-hydrogen) atoms. The van der Waals surface area contributed by atoms with Crippen LogP contribution in [0.25, 0.3) is 33.5 Å². The lowest BCUT2D eigenvalue weighted by molar-refractivity contribution is 0.0601. The zero-order chi connectivity index (χ0) is 26.2. The van der Waals surface area contributed by atoms with Gasteiger partial charge in [0.05, 0.1) is 23.7 Å². The van der Waals surface area contributed by atoms with Crippen molar-refractivity contribution in [1.82, 2.24) is 19.5 Å². The van der Waals surface area contributed by atoms with E-state index in [1.165, 1.54) is 7.11 Å².